The third kappa shape index (κ3) is 6.53. The molecule has 136 valence electrons. The van der Waals surface area contributed by atoms with Gasteiger partial charge in [-0.1, -0.05) is 6.07 Å². The largest absolute Gasteiger partial charge is 0.480 e. The van der Waals surface area contributed by atoms with Crippen LogP contribution in [0.25, 0.3) is 0 Å². The summed E-state index contributed by atoms with van der Waals surface area (Å²) in [5, 5.41) is 22.1. The lowest BCUT2D eigenvalue weighted by Gasteiger charge is -2.14. The van der Waals surface area contributed by atoms with Gasteiger partial charge >= 0.3 is 17.6 Å². The van der Waals surface area contributed by atoms with E-state index in [0.717, 1.165) is 12.1 Å². The van der Waals surface area contributed by atoms with Gasteiger partial charge in [-0.25, -0.2) is 4.79 Å². The van der Waals surface area contributed by atoms with Crippen LogP contribution < -0.4 is 5.32 Å². The monoisotopic (exact) mass is 356 g/mol. The van der Waals surface area contributed by atoms with E-state index in [2.05, 4.69) is 10.1 Å². The molecule has 0 aromatic heterocycles. The number of benzene rings is 1. The second-order valence-electron chi connectivity index (χ2n) is 5.01. The molecule has 0 saturated heterocycles. The molecule has 1 atom stereocenters. The van der Waals surface area contributed by atoms with Gasteiger partial charge in [-0.15, -0.1) is 0 Å². The molecule has 1 rings (SSSR count). The van der Waals surface area contributed by atoms with Crippen molar-refractivity contribution in [2.24, 2.45) is 0 Å². The van der Waals surface area contributed by atoms with E-state index in [1.807, 2.05) is 0 Å². The number of esters is 1. The first kappa shape index (κ1) is 20.0. The second-order valence-corrected chi connectivity index (χ2v) is 5.01. The fourth-order valence-corrected chi connectivity index (χ4v) is 1.98. The molecule has 10 heteroatoms. The van der Waals surface area contributed by atoms with Gasteiger partial charge in [0.2, 0.25) is 11.7 Å². The molecule has 1 amide bonds. The van der Waals surface area contributed by atoms with Crippen molar-refractivity contribution < 1.29 is 33.5 Å². The zero-order valence-electron chi connectivity index (χ0n) is 13.4. The van der Waals surface area contributed by atoms with Crippen LogP contribution in [0.1, 0.15) is 25.3 Å². The van der Waals surface area contributed by atoms with E-state index in [1.165, 1.54) is 6.07 Å². The van der Waals surface area contributed by atoms with Crippen molar-refractivity contribution in [2.45, 2.75) is 32.2 Å². The van der Waals surface area contributed by atoms with E-state index in [1.54, 1.807) is 6.92 Å². The number of carboxylic acids is 1. The first-order valence-electron chi connectivity index (χ1n) is 7.35. The normalized spacial score (nSPS) is 11.4. The average Bonchev–Trinajstić information content (AvgIpc) is 2.54. The van der Waals surface area contributed by atoms with Crippen LogP contribution in [-0.2, 0) is 25.5 Å². The molecule has 9 nitrogen and oxygen atoms in total. The van der Waals surface area contributed by atoms with Crippen molar-refractivity contribution in [1.29, 1.82) is 0 Å². The van der Waals surface area contributed by atoms with Crippen LogP contribution in [-0.4, -0.2) is 40.5 Å². The third-order valence-electron chi connectivity index (χ3n) is 3.14. The minimum atomic E-state index is -1.38. The predicted molar refractivity (Wildman–Crippen MR) is 82.2 cm³/mol. The van der Waals surface area contributed by atoms with Gasteiger partial charge in [0, 0.05) is 18.9 Å². The predicted octanol–water partition coefficient (Wildman–Crippen LogP) is 1.19. The molecule has 0 spiro atoms. The molecule has 0 unspecified atom stereocenters. The first-order valence-corrected chi connectivity index (χ1v) is 7.35. The molecule has 0 aliphatic heterocycles. The van der Waals surface area contributed by atoms with E-state index < -0.39 is 40.3 Å². The van der Waals surface area contributed by atoms with Gasteiger partial charge in [0.25, 0.3) is 0 Å². The number of nitrogens with one attached hydrogen (secondary N) is 1. The number of rotatable bonds is 9. The third-order valence-corrected chi connectivity index (χ3v) is 3.14. The minimum absolute atomic E-state index is 0.168. The lowest BCUT2D eigenvalue weighted by molar-refractivity contribution is -0.387. The lowest BCUT2D eigenvalue weighted by atomic mass is 10.0. The summed E-state index contributed by atoms with van der Waals surface area (Å²) < 4.78 is 17.9. The summed E-state index contributed by atoms with van der Waals surface area (Å²) >= 11 is 0. The summed E-state index contributed by atoms with van der Waals surface area (Å²) in [4.78, 5) is 43.9. The summed E-state index contributed by atoms with van der Waals surface area (Å²) in [6.07, 6.45) is -0.734. The Hall–Kier alpha value is -3.04. The van der Waals surface area contributed by atoms with Crippen LogP contribution in [0.3, 0.4) is 0 Å². The Morgan fingerprint density at radius 2 is 2.04 bits per heavy atom. The Morgan fingerprint density at radius 3 is 2.60 bits per heavy atom. The molecule has 0 aliphatic rings. The number of ether oxygens (including phenoxy) is 1. The lowest BCUT2D eigenvalue weighted by Crippen LogP contribution is -2.42. The topological polar surface area (TPSA) is 136 Å². The van der Waals surface area contributed by atoms with Crippen LogP contribution in [0.15, 0.2) is 18.2 Å². The van der Waals surface area contributed by atoms with Crippen molar-refractivity contribution >= 4 is 23.5 Å². The van der Waals surface area contributed by atoms with Crippen molar-refractivity contribution in [2.75, 3.05) is 6.61 Å². The zero-order valence-corrected chi connectivity index (χ0v) is 13.4. The number of carboxylic acid groups (broad SMARTS) is 1. The van der Waals surface area contributed by atoms with Crippen molar-refractivity contribution in [3.8, 4) is 0 Å². The zero-order chi connectivity index (χ0) is 19.0. The maximum atomic E-state index is 13.3. The van der Waals surface area contributed by atoms with Crippen LogP contribution in [0.5, 0.6) is 0 Å². The summed E-state index contributed by atoms with van der Waals surface area (Å²) in [5.74, 6) is -3.67. The van der Waals surface area contributed by atoms with Crippen molar-refractivity contribution in [1.82, 2.24) is 5.32 Å². The van der Waals surface area contributed by atoms with Crippen molar-refractivity contribution in [3.63, 3.8) is 0 Å². The molecule has 1 aromatic carbocycles. The summed E-state index contributed by atoms with van der Waals surface area (Å²) in [6.45, 7) is 1.78. The van der Waals surface area contributed by atoms with Gasteiger partial charge in [0.15, 0.2) is 0 Å². The number of carbonyl (C=O) groups is 3. The van der Waals surface area contributed by atoms with Crippen LogP contribution in [0, 0.1) is 15.9 Å². The van der Waals surface area contributed by atoms with Gasteiger partial charge in [-0.3, -0.25) is 19.7 Å². The molecular formula is C15H17FN2O7. The quantitative estimate of drug-likeness (QED) is 0.385. The number of aliphatic carboxylic acids is 1. The number of nitro groups is 1. The standard InChI is InChI=1S/C15H17FN2O7/c1-2-25-14(20)6-5-13(19)17-11(15(21)22)7-9-3-4-10(16)12(8-9)18(23)24/h3-4,8,11H,2,5-7H2,1H3,(H,17,19)(H,21,22)/t11-/m1/s1. The van der Waals surface area contributed by atoms with E-state index in [4.69, 9.17) is 5.11 Å². The first-order chi connectivity index (χ1) is 11.7. The van der Waals surface area contributed by atoms with E-state index >= 15 is 0 Å². The number of carbonyl (C=O) groups excluding carboxylic acids is 2. The van der Waals surface area contributed by atoms with E-state index in [0.29, 0.717) is 0 Å². The van der Waals surface area contributed by atoms with Crippen LogP contribution >= 0.6 is 0 Å². The Balaban J connectivity index is 2.73. The van der Waals surface area contributed by atoms with Crippen LogP contribution in [0.4, 0.5) is 10.1 Å². The maximum Gasteiger partial charge on any atom is 0.326 e. The minimum Gasteiger partial charge on any atom is -0.480 e. The molecule has 2 N–H and O–H groups in total. The van der Waals surface area contributed by atoms with Gasteiger partial charge < -0.3 is 15.2 Å². The molecule has 0 aliphatic carbocycles. The highest BCUT2D eigenvalue weighted by atomic mass is 19.1. The SMILES string of the molecule is CCOC(=O)CCC(=O)N[C@H](Cc1ccc(F)c([N+](=O)[O-])c1)C(=O)O. The molecular weight excluding hydrogens is 339 g/mol. The maximum absolute atomic E-state index is 13.3. The molecule has 0 fully saturated rings. The Labute approximate surface area is 141 Å². The van der Waals surface area contributed by atoms with Gasteiger partial charge in [0.05, 0.1) is 18.0 Å². The number of nitrogens with zero attached hydrogens (tertiary/aromatic N) is 1. The van der Waals surface area contributed by atoms with Gasteiger partial charge in [-0.05, 0) is 18.6 Å². The highest BCUT2D eigenvalue weighted by Gasteiger charge is 2.23. The highest BCUT2D eigenvalue weighted by Crippen LogP contribution is 2.19. The molecule has 1 aromatic rings. The fourth-order valence-electron chi connectivity index (χ4n) is 1.98. The van der Waals surface area contributed by atoms with Crippen LogP contribution in [0.2, 0.25) is 0 Å². The number of nitro benzene ring substituents is 1. The molecule has 0 heterocycles. The Morgan fingerprint density at radius 1 is 1.36 bits per heavy atom. The number of hydrogen-bond donors (Lipinski definition) is 2. The number of hydrogen-bond acceptors (Lipinski definition) is 6. The van der Waals surface area contributed by atoms with E-state index in [9.17, 15) is 28.9 Å². The Kier molecular flexibility index (Phi) is 7.44. The summed E-state index contributed by atoms with van der Waals surface area (Å²) in [6, 6.07) is 1.59. The van der Waals surface area contributed by atoms with Crippen molar-refractivity contribution in [3.05, 3.63) is 39.7 Å². The number of amides is 1. The second kappa shape index (κ2) is 9.30. The molecule has 0 radical (unpaired) electrons. The average molecular weight is 356 g/mol. The van der Waals surface area contributed by atoms with Gasteiger partial charge in [0.1, 0.15) is 6.04 Å². The van der Waals surface area contributed by atoms with Gasteiger partial charge in [-0.2, -0.15) is 4.39 Å². The smallest absolute Gasteiger partial charge is 0.326 e. The van der Waals surface area contributed by atoms with E-state index in [-0.39, 0.29) is 31.4 Å². The summed E-state index contributed by atoms with van der Waals surface area (Å²) in [5.41, 5.74) is -0.610. The molecule has 25 heavy (non-hydrogen) atoms. The molecule has 0 saturated carbocycles. The summed E-state index contributed by atoms with van der Waals surface area (Å²) in [7, 11) is 0. The molecule has 0 bridgehead atoms. The Bertz CT molecular complexity index is 678. The fraction of sp³-hybridized carbons (Fsp3) is 0.400. The highest BCUT2D eigenvalue weighted by molar-refractivity contribution is 5.85. The number of halogens is 1.